The number of para-hydroxylation sites is 2. The number of hydrogen-bond donors (Lipinski definition) is 2. The Balaban J connectivity index is 1.81. The molecule has 0 unspecified atom stereocenters. The number of carbonyl (C=O) groups is 1. The molecule has 3 rings (SSSR count). The van der Waals surface area contributed by atoms with Crippen LogP contribution in [0.15, 0.2) is 63.0 Å². The molecule has 0 aliphatic carbocycles. The Kier molecular flexibility index (Phi) is 6.65. The van der Waals surface area contributed by atoms with Crippen molar-refractivity contribution in [2.24, 2.45) is 0 Å². The molecule has 1 amide bonds. The fraction of sp³-hybridized carbons (Fsp3) is 0.211. The number of carbonyl (C=O) groups excluding carboxylic acids is 1. The minimum Gasteiger partial charge on any atom is -0.396 e. The van der Waals surface area contributed by atoms with E-state index in [0.717, 1.165) is 4.47 Å². The molecule has 1 heterocycles. The van der Waals surface area contributed by atoms with Gasteiger partial charge >= 0.3 is 0 Å². The van der Waals surface area contributed by atoms with Crippen LogP contribution < -0.4 is 10.9 Å². The lowest BCUT2D eigenvalue weighted by molar-refractivity contribution is -0.113. The summed E-state index contributed by atoms with van der Waals surface area (Å²) in [5.41, 5.74) is 1.12. The van der Waals surface area contributed by atoms with Crippen LogP contribution in [0.5, 0.6) is 0 Å². The van der Waals surface area contributed by atoms with Crippen LogP contribution in [0.1, 0.15) is 6.42 Å². The van der Waals surface area contributed by atoms with Gasteiger partial charge in [-0.2, -0.15) is 0 Å². The van der Waals surface area contributed by atoms with Gasteiger partial charge in [-0.25, -0.2) is 4.98 Å². The Bertz CT molecular complexity index is 1020. The molecule has 0 spiro atoms. The molecule has 3 aromatic rings. The lowest BCUT2D eigenvalue weighted by atomic mass is 10.2. The number of amides is 1. The summed E-state index contributed by atoms with van der Waals surface area (Å²) in [6, 6.07) is 14.5. The monoisotopic (exact) mass is 447 g/mol. The first-order valence-electron chi connectivity index (χ1n) is 8.38. The summed E-state index contributed by atoms with van der Waals surface area (Å²) in [5.74, 6) is -0.0753. The number of halogens is 1. The number of anilines is 1. The van der Waals surface area contributed by atoms with Gasteiger partial charge in [0.05, 0.1) is 22.3 Å². The van der Waals surface area contributed by atoms with Gasteiger partial charge in [0.25, 0.3) is 5.56 Å². The fourth-order valence-corrected chi connectivity index (χ4v) is 3.77. The minimum absolute atomic E-state index is 0.0219. The highest BCUT2D eigenvalue weighted by Crippen LogP contribution is 2.22. The molecule has 2 aromatic carbocycles. The average Bonchev–Trinajstić information content (AvgIpc) is 2.68. The van der Waals surface area contributed by atoms with E-state index in [2.05, 4.69) is 26.2 Å². The second-order valence-electron chi connectivity index (χ2n) is 5.76. The van der Waals surface area contributed by atoms with E-state index in [9.17, 15) is 9.59 Å². The lowest BCUT2D eigenvalue weighted by Crippen LogP contribution is -2.24. The van der Waals surface area contributed by atoms with E-state index in [1.54, 1.807) is 24.3 Å². The number of fused-ring (bicyclic) bond motifs is 1. The molecule has 2 N–H and O–H groups in total. The van der Waals surface area contributed by atoms with Gasteiger partial charge in [-0.3, -0.25) is 14.2 Å². The quantitative estimate of drug-likeness (QED) is 0.428. The van der Waals surface area contributed by atoms with Crippen LogP contribution >= 0.6 is 27.7 Å². The number of benzene rings is 2. The number of nitrogens with one attached hydrogen (secondary N) is 1. The molecule has 0 atom stereocenters. The molecule has 6 nitrogen and oxygen atoms in total. The topological polar surface area (TPSA) is 84.2 Å². The van der Waals surface area contributed by atoms with Crippen molar-refractivity contribution in [2.45, 2.75) is 18.1 Å². The third-order valence-corrected chi connectivity index (χ3v) is 5.51. The van der Waals surface area contributed by atoms with Gasteiger partial charge in [-0.15, -0.1) is 0 Å². The molecule has 8 heteroatoms. The van der Waals surface area contributed by atoms with E-state index < -0.39 is 0 Å². The number of aliphatic hydroxyl groups is 1. The molecule has 0 saturated heterocycles. The van der Waals surface area contributed by atoms with Gasteiger partial charge in [-0.05, 0) is 46.6 Å². The second kappa shape index (κ2) is 9.16. The van der Waals surface area contributed by atoms with Crippen molar-refractivity contribution >= 4 is 50.2 Å². The smallest absolute Gasteiger partial charge is 0.262 e. The molecule has 0 aliphatic heterocycles. The average molecular weight is 448 g/mol. The zero-order chi connectivity index (χ0) is 19.2. The maximum Gasteiger partial charge on any atom is 0.262 e. The molecule has 140 valence electrons. The highest BCUT2D eigenvalue weighted by atomic mass is 79.9. The third kappa shape index (κ3) is 4.77. The van der Waals surface area contributed by atoms with E-state index in [-0.39, 0.29) is 23.8 Å². The molecule has 0 saturated carbocycles. The SMILES string of the molecule is O=C(CSc1nc2ccccc2c(=O)n1CCCO)Nc1ccccc1Br. The Morgan fingerprint density at radius 2 is 1.93 bits per heavy atom. The highest BCUT2D eigenvalue weighted by Gasteiger charge is 2.13. The summed E-state index contributed by atoms with van der Waals surface area (Å²) >= 11 is 4.60. The maximum atomic E-state index is 12.8. The Hall–Kier alpha value is -2.16. The minimum atomic E-state index is -0.192. The van der Waals surface area contributed by atoms with E-state index in [4.69, 9.17) is 5.11 Å². The zero-order valence-electron chi connectivity index (χ0n) is 14.4. The van der Waals surface area contributed by atoms with Crippen LogP contribution in [-0.2, 0) is 11.3 Å². The summed E-state index contributed by atoms with van der Waals surface area (Å²) in [6.45, 7) is 0.327. The summed E-state index contributed by atoms with van der Waals surface area (Å²) in [5, 5.41) is 12.9. The summed E-state index contributed by atoms with van der Waals surface area (Å²) in [6.07, 6.45) is 0.441. The van der Waals surface area contributed by atoms with Crippen molar-refractivity contribution in [3.05, 3.63) is 63.4 Å². The Morgan fingerprint density at radius 1 is 1.19 bits per heavy atom. The van der Waals surface area contributed by atoms with Crippen LogP contribution in [0.2, 0.25) is 0 Å². The molecule has 0 bridgehead atoms. The molecule has 0 aliphatic rings. The van der Waals surface area contributed by atoms with Gasteiger partial charge in [0.2, 0.25) is 5.91 Å². The number of nitrogens with zero attached hydrogens (tertiary/aromatic N) is 2. The van der Waals surface area contributed by atoms with Gasteiger partial charge in [0.15, 0.2) is 5.16 Å². The maximum absolute atomic E-state index is 12.8. The van der Waals surface area contributed by atoms with Crippen molar-refractivity contribution < 1.29 is 9.90 Å². The number of aromatic nitrogens is 2. The zero-order valence-corrected chi connectivity index (χ0v) is 16.8. The standard InChI is InChI=1S/C19H18BrN3O3S/c20-14-7-2-4-9-16(14)21-17(25)12-27-19-22-15-8-3-1-6-13(15)18(26)23(19)10-5-11-24/h1-4,6-9,24H,5,10-12H2,(H,21,25). The van der Waals surface area contributed by atoms with Crippen LogP contribution in [-0.4, -0.2) is 32.9 Å². The molecule has 0 radical (unpaired) electrons. The van der Waals surface area contributed by atoms with E-state index in [0.29, 0.717) is 34.7 Å². The molecule has 0 fully saturated rings. The first kappa shape index (κ1) is 19.6. The lowest BCUT2D eigenvalue weighted by Gasteiger charge is -2.13. The second-order valence-corrected chi connectivity index (χ2v) is 7.56. The van der Waals surface area contributed by atoms with Crippen molar-refractivity contribution in [1.29, 1.82) is 0 Å². The highest BCUT2D eigenvalue weighted by molar-refractivity contribution is 9.10. The Labute approximate surface area is 168 Å². The van der Waals surface area contributed by atoms with E-state index in [1.807, 2.05) is 24.3 Å². The predicted molar refractivity (Wildman–Crippen MR) is 111 cm³/mol. The van der Waals surface area contributed by atoms with Crippen molar-refractivity contribution in [1.82, 2.24) is 9.55 Å². The summed E-state index contributed by atoms with van der Waals surface area (Å²) in [4.78, 5) is 29.6. The molecule has 27 heavy (non-hydrogen) atoms. The van der Waals surface area contributed by atoms with E-state index in [1.165, 1.54) is 16.3 Å². The number of hydrogen-bond acceptors (Lipinski definition) is 5. The fourth-order valence-electron chi connectivity index (χ4n) is 2.56. The third-order valence-electron chi connectivity index (χ3n) is 3.85. The van der Waals surface area contributed by atoms with Crippen LogP contribution in [0.4, 0.5) is 5.69 Å². The first-order chi connectivity index (χ1) is 13.1. The van der Waals surface area contributed by atoms with Crippen LogP contribution in [0.3, 0.4) is 0 Å². The van der Waals surface area contributed by atoms with Gasteiger partial charge in [0, 0.05) is 17.6 Å². The van der Waals surface area contributed by atoms with Gasteiger partial charge in [-0.1, -0.05) is 36.0 Å². The van der Waals surface area contributed by atoms with Crippen molar-refractivity contribution in [2.75, 3.05) is 17.7 Å². The molecular formula is C19H18BrN3O3S. The van der Waals surface area contributed by atoms with Crippen molar-refractivity contribution in [3.63, 3.8) is 0 Å². The number of rotatable bonds is 7. The largest absolute Gasteiger partial charge is 0.396 e. The van der Waals surface area contributed by atoms with E-state index >= 15 is 0 Å². The molecule has 1 aromatic heterocycles. The number of aliphatic hydroxyl groups excluding tert-OH is 1. The van der Waals surface area contributed by atoms with Crippen molar-refractivity contribution in [3.8, 4) is 0 Å². The first-order valence-corrected chi connectivity index (χ1v) is 10.2. The van der Waals surface area contributed by atoms with Crippen LogP contribution in [0.25, 0.3) is 10.9 Å². The summed E-state index contributed by atoms with van der Waals surface area (Å²) < 4.78 is 2.32. The normalized spacial score (nSPS) is 10.9. The van der Waals surface area contributed by atoms with Crippen LogP contribution in [0, 0.1) is 0 Å². The number of thioether (sulfide) groups is 1. The molecular weight excluding hydrogens is 430 g/mol. The summed E-state index contributed by atoms with van der Waals surface area (Å²) in [7, 11) is 0. The predicted octanol–water partition coefficient (Wildman–Crippen LogP) is 3.27. The van der Waals surface area contributed by atoms with Gasteiger partial charge in [0.1, 0.15) is 0 Å². The van der Waals surface area contributed by atoms with Gasteiger partial charge < -0.3 is 10.4 Å². The Morgan fingerprint density at radius 3 is 2.70 bits per heavy atom.